The Labute approximate surface area is 93.0 Å². The molecule has 0 radical (unpaired) electrons. The van der Waals surface area contributed by atoms with E-state index in [2.05, 4.69) is 10.0 Å². The maximum Gasteiger partial charge on any atom is 0.126 e. The number of benzene rings is 1. The molecule has 5 heteroatoms. The molecule has 0 amide bonds. The monoisotopic (exact) mass is 221 g/mol. The smallest absolute Gasteiger partial charge is 0.126 e. The van der Waals surface area contributed by atoms with Gasteiger partial charge in [-0.05, 0) is 30.2 Å². The highest BCUT2D eigenvalue weighted by Gasteiger charge is 2.00. The number of azide groups is 1. The van der Waals surface area contributed by atoms with Crippen LogP contribution in [0.3, 0.4) is 0 Å². The highest BCUT2D eigenvalue weighted by molar-refractivity contribution is 5.57. The minimum absolute atomic E-state index is 0.310. The van der Waals surface area contributed by atoms with Crippen molar-refractivity contribution >= 4 is 6.08 Å². The Morgan fingerprint density at radius 3 is 3.06 bits per heavy atom. The van der Waals surface area contributed by atoms with E-state index in [1.807, 2.05) is 6.08 Å². The number of methoxy groups -OCH3 is 1. The van der Waals surface area contributed by atoms with Gasteiger partial charge in [0.2, 0.25) is 0 Å². The van der Waals surface area contributed by atoms with Crippen molar-refractivity contribution in [2.24, 2.45) is 5.11 Å². The molecule has 0 heterocycles. The van der Waals surface area contributed by atoms with Crippen molar-refractivity contribution in [3.8, 4) is 5.75 Å². The van der Waals surface area contributed by atoms with Crippen LogP contribution in [0.15, 0.2) is 29.4 Å². The van der Waals surface area contributed by atoms with E-state index in [-0.39, 0.29) is 5.82 Å². The predicted octanol–water partition coefficient (Wildman–Crippen LogP) is 3.55. The van der Waals surface area contributed by atoms with Crippen LogP contribution in [0, 0.1) is 5.82 Å². The van der Waals surface area contributed by atoms with E-state index in [1.54, 1.807) is 12.1 Å². The molecule has 4 nitrogen and oxygen atoms in total. The largest absolute Gasteiger partial charge is 0.496 e. The van der Waals surface area contributed by atoms with E-state index in [1.165, 1.54) is 19.2 Å². The number of halogens is 1. The molecule has 16 heavy (non-hydrogen) atoms. The molecule has 0 saturated heterocycles. The van der Waals surface area contributed by atoms with Gasteiger partial charge in [-0.15, -0.1) is 0 Å². The second kappa shape index (κ2) is 6.48. The molecule has 1 aromatic rings. The van der Waals surface area contributed by atoms with Crippen molar-refractivity contribution < 1.29 is 9.13 Å². The topological polar surface area (TPSA) is 58.0 Å². The van der Waals surface area contributed by atoms with Crippen molar-refractivity contribution in [3.05, 3.63) is 46.1 Å². The molecule has 0 spiro atoms. The lowest BCUT2D eigenvalue weighted by Gasteiger charge is -2.03. The van der Waals surface area contributed by atoms with Crippen LogP contribution < -0.4 is 4.74 Å². The Balaban J connectivity index is 2.71. The Kier molecular flexibility index (Phi) is 4.89. The molecule has 0 aliphatic carbocycles. The third kappa shape index (κ3) is 3.63. The fourth-order valence-corrected chi connectivity index (χ4v) is 1.22. The number of ether oxygens (including phenoxy) is 1. The summed E-state index contributed by atoms with van der Waals surface area (Å²) < 4.78 is 18.0. The van der Waals surface area contributed by atoms with Gasteiger partial charge in [0, 0.05) is 17.0 Å². The van der Waals surface area contributed by atoms with Gasteiger partial charge >= 0.3 is 0 Å². The number of rotatable bonds is 5. The maximum absolute atomic E-state index is 13.0. The Hall–Kier alpha value is -2.00. The van der Waals surface area contributed by atoms with Crippen molar-refractivity contribution in [2.75, 3.05) is 13.7 Å². The SMILES string of the molecule is COc1ccc(F)cc1C=CCCN=[N+]=[N-]. The van der Waals surface area contributed by atoms with Crippen LogP contribution in [0.2, 0.25) is 0 Å². The van der Waals surface area contributed by atoms with Gasteiger partial charge in [0.05, 0.1) is 7.11 Å². The molecule has 0 saturated carbocycles. The molecule has 84 valence electrons. The first-order valence-corrected chi connectivity index (χ1v) is 4.79. The summed E-state index contributed by atoms with van der Waals surface area (Å²) in [6, 6.07) is 4.31. The van der Waals surface area contributed by atoms with Crippen LogP contribution >= 0.6 is 0 Å². The molecule has 1 rings (SSSR count). The van der Waals surface area contributed by atoms with Crippen LogP contribution in [-0.2, 0) is 0 Å². The fourth-order valence-electron chi connectivity index (χ4n) is 1.22. The van der Waals surface area contributed by atoms with E-state index in [0.29, 0.717) is 24.3 Å². The first-order valence-electron chi connectivity index (χ1n) is 4.79. The zero-order valence-electron chi connectivity index (χ0n) is 8.93. The minimum Gasteiger partial charge on any atom is -0.496 e. The summed E-state index contributed by atoms with van der Waals surface area (Å²) in [5.74, 6) is 0.303. The molecular weight excluding hydrogens is 209 g/mol. The second-order valence-electron chi connectivity index (χ2n) is 3.03. The van der Waals surface area contributed by atoms with Crippen LogP contribution in [-0.4, -0.2) is 13.7 Å². The van der Waals surface area contributed by atoms with Crippen LogP contribution in [0.5, 0.6) is 5.75 Å². The van der Waals surface area contributed by atoms with Gasteiger partial charge < -0.3 is 4.74 Å². The van der Waals surface area contributed by atoms with Gasteiger partial charge in [0.25, 0.3) is 0 Å². The van der Waals surface area contributed by atoms with E-state index < -0.39 is 0 Å². The number of nitrogens with zero attached hydrogens (tertiary/aromatic N) is 3. The first kappa shape index (κ1) is 12.1. The third-order valence-electron chi connectivity index (χ3n) is 1.95. The van der Waals surface area contributed by atoms with Crippen molar-refractivity contribution in [1.82, 2.24) is 0 Å². The normalized spacial score (nSPS) is 10.1. The number of hydrogen-bond donors (Lipinski definition) is 0. The molecule has 0 unspecified atom stereocenters. The van der Waals surface area contributed by atoms with Gasteiger partial charge in [-0.3, -0.25) is 0 Å². The van der Waals surface area contributed by atoms with E-state index >= 15 is 0 Å². The number of hydrogen-bond acceptors (Lipinski definition) is 2. The average molecular weight is 221 g/mol. The Bertz CT molecular complexity index is 425. The van der Waals surface area contributed by atoms with Gasteiger partial charge in [-0.1, -0.05) is 17.3 Å². The minimum atomic E-state index is -0.310. The summed E-state index contributed by atoms with van der Waals surface area (Å²) in [5, 5.41) is 3.39. The lowest BCUT2D eigenvalue weighted by Crippen LogP contribution is -1.88. The lowest BCUT2D eigenvalue weighted by atomic mass is 10.1. The highest BCUT2D eigenvalue weighted by Crippen LogP contribution is 2.20. The fraction of sp³-hybridized carbons (Fsp3) is 0.273. The van der Waals surface area contributed by atoms with Crippen molar-refractivity contribution in [2.45, 2.75) is 6.42 Å². The Morgan fingerprint density at radius 1 is 1.56 bits per heavy atom. The average Bonchev–Trinajstić information content (AvgIpc) is 2.29. The van der Waals surface area contributed by atoms with E-state index in [4.69, 9.17) is 10.3 Å². The second-order valence-corrected chi connectivity index (χ2v) is 3.03. The first-order chi connectivity index (χ1) is 7.77. The summed E-state index contributed by atoms with van der Waals surface area (Å²) in [6.07, 6.45) is 4.17. The maximum atomic E-state index is 13.0. The quantitative estimate of drug-likeness (QED) is 0.324. The van der Waals surface area contributed by atoms with Crippen LogP contribution in [0.1, 0.15) is 12.0 Å². The van der Waals surface area contributed by atoms with E-state index in [0.717, 1.165) is 0 Å². The molecule has 0 N–H and O–H groups in total. The van der Waals surface area contributed by atoms with Crippen molar-refractivity contribution in [3.63, 3.8) is 0 Å². The molecule has 0 aliphatic heterocycles. The lowest BCUT2D eigenvalue weighted by molar-refractivity contribution is 0.412. The van der Waals surface area contributed by atoms with Crippen LogP contribution in [0.4, 0.5) is 4.39 Å². The Morgan fingerprint density at radius 2 is 2.38 bits per heavy atom. The molecular formula is C11H12FN3O. The van der Waals surface area contributed by atoms with E-state index in [9.17, 15) is 4.39 Å². The summed E-state index contributed by atoms with van der Waals surface area (Å²) in [4.78, 5) is 2.63. The zero-order chi connectivity index (χ0) is 11.8. The molecule has 0 bridgehead atoms. The molecule has 0 aliphatic rings. The standard InChI is InChI=1S/C11H12FN3O/c1-16-11-6-5-10(12)8-9(11)4-2-3-7-14-15-13/h2,4-6,8H,3,7H2,1H3. The van der Waals surface area contributed by atoms with Crippen molar-refractivity contribution in [1.29, 1.82) is 0 Å². The molecule has 1 aromatic carbocycles. The van der Waals surface area contributed by atoms with Gasteiger partial charge in [0.15, 0.2) is 0 Å². The molecule has 0 fully saturated rings. The summed E-state index contributed by atoms with van der Waals surface area (Å²) in [6.45, 7) is 0.393. The zero-order valence-corrected chi connectivity index (χ0v) is 8.93. The predicted molar refractivity (Wildman–Crippen MR) is 60.6 cm³/mol. The molecule has 0 aromatic heterocycles. The summed E-state index contributed by atoms with van der Waals surface area (Å²) in [7, 11) is 1.53. The van der Waals surface area contributed by atoms with Crippen LogP contribution in [0.25, 0.3) is 16.5 Å². The van der Waals surface area contributed by atoms with Gasteiger partial charge in [-0.2, -0.15) is 0 Å². The summed E-state index contributed by atoms with van der Waals surface area (Å²) >= 11 is 0. The third-order valence-corrected chi connectivity index (χ3v) is 1.95. The highest BCUT2D eigenvalue weighted by atomic mass is 19.1. The van der Waals surface area contributed by atoms with Gasteiger partial charge in [-0.25, -0.2) is 4.39 Å². The molecule has 0 atom stereocenters. The summed E-state index contributed by atoms with van der Waals surface area (Å²) in [5.41, 5.74) is 8.74. The van der Waals surface area contributed by atoms with Gasteiger partial charge in [0.1, 0.15) is 11.6 Å².